The van der Waals surface area contributed by atoms with Crippen molar-refractivity contribution in [1.82, 2.24) is 5.32 Å². The summed E-state index contributed by atoms with van der Waals surface area (Å²) in [5.74, 6) is -0.758. The van der Waals surface area contributed by atoms with Crippen molar-refractivity contribution in [2.75, 3.05) is 30.8 Å². The molecule has 2 amide bonds. The van der Waals surface area contributed by atoms with E-state index < -0.39 is 10.6 Å². The second kappa shape index (κ2) is 8.80. The van der Waals surface area contributed by atoms with Crippen LogP contribution in [0.4, 0.5) is 11.4 Å². The molecule has 2 saturated heterocycles. The number of rotatable bonds is 3. The molecule has 0 spiro atoms. The van der Waals surface area contributed by atoms with E-state index in [1.807, 2.05) is 43.3 Å². The number of hydroxylamine groups is 3. The van der Waals surface area contributed by atoms with Gasteiger partial charge in [0.15, 0.2) is 0 Å². The van der Waals surface area contributed by atoms with Crippen molar-refractivity contribution < 1.29 is 14.2 Å². The van der Waals surface area contributed by atoms with Gasteiger partial charge in [0.05, 0.1) is 7.05 Å². The fourth-order valence-corrected chi connectivity index (χ4v) is 6.02. The number of likely N-dealkylation sites (tertiary alicyclic amines) is 1. The van der Waals surface area contributed by atoms with Crippen LogP contribution in [-0.2, 0) is 11.2 Å². The van der Waals surface area contributed by atoms with Gasteiger partial charge in [0, 0.05) is 48.4 Å². The number of hydrogen-bond acceptors (Lipinski definition) is 5. The average molecular weight is 463 g/mol. The molecule has 2 fully saturated rings. The van der Waals surface area contributed by atoms with Gasteiger partial charge in [0.2, 0.25) is 0 Å². The zero-order chi connectivity index (χ0) is 24.0. The number of amides is 2. The van der Waals surface area contributed by atoms with Crippen LogP contribution in [0, 0.1) is 18.0 Å². The summed E-state index contributed by atoms with van der Waals surface area (Å²) >= 11 is 0. The molecule has 180 valence electrons. The molecule has 0 aromatic heterocycles. The van der Waals surface area contributed by atoms with Crippen LogP contribution in [0.3, 0.4) is 0 Å². The zero-order valence-electron chi connectivity index (χ0n) is 20.2. The number of piperidine rings is 2. The van der Waals surface area contributed by atoms with Gasteiger partial charge in [-0.25, -0.2) is 4.79 Å². The number of carbonyl (C=O) groups is 2. The number of aryl methyl sites for hydroxylation is 2. The van der Waals surface area contributed by atoms with Crippen molar-refractivity contribution >= 4 is 23.2 Å². The Morgan fingerprint density at radius 1 is 1.18 bits per heavy atom. The Bertz CT molecular complexity index is 1130. The Kier molecular flexibility index (Phi) is 5.96. The van der Waals surface area contributed by atoms with Gasteiger partial charge in [-0.15, -0.1) is 0 Å². The van der Waals surface area contributed by atoms with E-state index in [2.05, 4.69) is 22.9 Å². The van der Waals surface area contributed by atoms with Gasteiger partial charge in [0.25, 0.3) is 5.91 Å². The lowest BCUT2D eigenvalue weighted by Crippen LogP contribution is -2.65. The molecule has 7 nitrogen and oxygen atoms in total. The van der Waals surface area contributed by atoms with Crippen LogP contribution in [0.1, 0.15) is 59.2 Å². The summed E-state index contributed by atoms with van der Waals surface area (Å²) < 4.78 is -0.819. The molecule has 3 aliphatic rings. The highest BCUT2D eigenvalue weighted by Crippen LogP contribution is 2.42. The molecule has 0 aliphatic carbocycles. The Labute approximate surface area is 201 Å². The first-order valence-electron chi connectivity index (χ1n) is 12.4. The number of benzene rings is 2. The maximum atomic E-state index is 13.5. The minimum Gasteiger partial charge on any atom is -0.625 e. The van der Waals surface area contributed by atoms with Gasteiger partial charge in [0.1, 0.15) is 12.0 Å². The number of nitrogens with one attached hydrogen (secondary N) is 3. The van der Waals surface area contributed by atoms with E-state index >= 15 is 0 Å². The summed E-state index contributed by atoms with van der Waals surface area (Å²) in [5, 5.41) is 23.4. The van der Waals surface area contributed by atoms with Gasteiger partial charge >= 0.3 is 5.91 Å². The molecule has 2 aromatic rings. The highest BCUT2D eigenvalue weighted by Gasteiger charge is 2.50. The zero-order valence-corrected chi connectivity index (χ0v) is 20.2. The lowest BCUT2D eigenvalue weighted by atomic mass is 9.74. The molecule has 0 bridgehead atoms. The monoisotopic (exact) mass is 462 g/mol. The maximum Gasteiger partial charge on any atom is 0.321 e. The average Bonchev–Trinajstić information content (AvgIpc) is 2.83. The minimum atomic E-state index is -0.819. The van der Waals surface area contributed by atoms with Crippen molar-refractivity contribution in [3.05, 3.63) is 63.9 Å². The van der Waals surface area contributed by atoms with Crippen molar-refractivity contribution in [3.8, 4) is 0 Å². The molecule has 0 radical (unpaired) electrons. The van der Waals surface area contributed by atoms with E-state index in [-0.39, 0.29) is 29.8 Å². The number of nitrogens with zero attached hydrogens (tertiary/aromatic N) is 1. The molecule has 5 rings (SSSR count). The maximum absolute atomic E-state index is 13.5. The van der Waals surface area contributed by atoms with Gasteiger partial charge in [-0.3, -0.25) is 9.44 Å². The van der Waals surface area contributed by atoms with Crippen molar-refractivity contribution in [2.45, 2.75) is 57.5 Å². The van der Waals surface area contributed by atoms with Crippen LogP contribution in [0.15, 0.2) is 36.4 Å². The number of carbonyl (C=O) groups excluding carboxylic acids is 2. The van der Waals surface area contributed by atoms with Crippen molar-refractivity contribution in [2.24, 2.45) is 5.92 Å². The SMILES string of the molecule is Cc1ccc(NC(=O)c2ccc3c(c2)CCCN3)cc1C1CC2CNC(C)CC2[N+](C)([O-])C1=O. The third-order valence-electron chi connectivity index (χ3n) is 7.99. The molecule has 34 heavy (non-hydrogen) atoms. The molecular weight excluding hydrogens is 428 g/mol. The summed E-state index contributed by atoms with van der Waals surface area (Å²) in [6.45, 7) is 5.76. The van der Waals surface area contributed by atoms with Gasteiger partial charge in [-0.05, 0) is 80.1 Å². The predicted octanol–water partition coefficient (Wildman–Crippen LogP) is 3.93. The van der Waals surface area contributed by atoms with Crippen LogP contribution in [0.25, 0.3) is 0 Å². The molecular formula is C27H34N4O3. The first-order valence-corrected chi connectivity index (χ1v) is 12.4. The Morgan fingerprint density at radius 3 is 2.82 bits per heavy atom. The lowest BCUT2D eigenvalue weighted by molar-refractivity contribution is -0.822. The van der Waals surface area contributed by atoms with Gasteiger partial charge in [-0.2, -0.15) is 0 Å². The third-order valence-corrected chi connectivity index (χ3v) is 7.99. The van der Waals surface area contributed by atoms with Crippen molar-refractivity contribution in [3.63, 3.8) is 0 Å². The second-order valence-electron chi connectivity index (χ2n) is 10.4. The number of fused-ring (bicyclic) bond motifs is 2. The third kappa shape index (κ3) is 4.13. The summed E-state index contributed by atoms with van der Waals surface area (Å²) in [6, 6.07) is 11.5. The number of likely N-dealkylation sites (N-methyl/N-ethyl adjacent to an activating group) is 1. The van der Waals surface area contributed by atoms with E-state index in [0.29, 0.717) is 24.1 Å². The summed E-state index contributed by atoms with van der Waals surface area (Å²) in [5.41, 5.74) is 5.33. The fraction of sp³-hybridized carbons (Fsp3) is 0.481. The molecule has 7 heteroatoms. The van der Waals surface area contributed by atoms with Gasteiger partial charge < -0.3 is 21.2 Å². The van der Waals surface area contributed by atoms with E-state index in [1.165, 1.54) is 7.05 Å². The van der Waals surface area contributed by atoms with Crippen LogP contribution in [-0.4, -0.2) is 48.7 Å². The normalized spacial score (nSPS) is 30.6. The number of hydrogen-bond donors (Lipinski definition) is 3. The van der Waals surface area contributed by atoms with E-state index in [1.54, 1.807) is 0 Å². The summed E-state index contributed by atoms with van der Waals surface area (Å²) in [4.78, 5) is 26.4. The lowest BCUT2D eigenvalue weighted by Gasteiger charge is -2.54. The molecule has 0 saturated carbocycles. The second-order valence-corrected chi connectivity index (χ2v) is 10.4. The standard InChI is InChI=1S/C27H34N4O3/c1-16-6-8-21(30-26(32)19-7-9-24-18(12-19)5-4-10-28-24)14-22(16)23-13-20-15-29-17(2)11-25(20)31(3,34)27(23)33/h6-9,12,14,17,20,23,25,28-29H,4-5,10-11,13,15H2,1-3H3,(H,30,32). The molecule has 2 aromatic carbocycles. The van der Waals surface area contributed by atoms with Crippen LogP contribution in [0.2, 0.25) is 0 Å². The number of quaternary nitrogens is 1. The highest BCUT2D eigenvalue weighted by atomic mass is 16.6. The Morgan fingerprint density at radius 2 is 2.00 bits per heavy atom. The summed E-state index contributed by atoms with van der Waals surface area (Å²) in [7, 11) is 1.52. The van der Waals surface area contributed by atoms with Crippen LogP contribution >= 0.6 is 0 Å². The van der Waals surface area contributed by atoms with E-state index in [0.717, 1.165) is 48.3 Å². The quantitative estimate of drug-likeness (QED) is 0.475. The van der Waals surface area contributed by atoms with Crippen molar-refractivity contribution in [1.29, 1.82) is 0 Å². The Balaban J connectivity index is 1.39. The molecule has 5 atom stereocenters. The van der Waals surface area contributed by atoms with Gasteiger partial charge in [-0.1, -0.05) is 6.07 Å². The predicted molar refractivity (Wildman–Crippen MR) is 134 cm³/mol. The topological polar surface area (TPSA) is 93.3 Å². The first-order chi connectivity index (χ1) is 16.2. The van der Waals surface area contributed by atoms with Crippen LogP contribution < -0.4 is 16.0 Å². The summed E-state index contributed by atoms with van der Waals surface area (Å²) in [6.07, 6.45) is 3.40. The molecule has 3 aliphatic heterocycles. The highest BCUT2D eigenvalue weighted by molar-refractivity contribution is 6.04. The largest absolute Gasteiger partial charge is 0.625 e. The fourth-order valence-electron chi connectivity index (χ4n) is 6.02. The molecule has 3 N–H and O–H groups in total. The Hall–Kier alpha value is -2.74. The smallest absolute Gasteiger partial charge is 0.321 e. The molecule has 3 heterocycles. The van der Waals surface area contributed by atoms with E-state index in [9.17, 15) is 14.8 Å². The number of anilines is 2. The first kappa shape index (κ1) is 23.0. The van der Waals surface area contributed by atoms with Crippen LogP contribution in [0.5, 0.6) is 0 Å². The van der Waals surface area contributed by atoms with E-state index in [4.69, 9.17) is 0 Å². The molecule has 5 unspecified atom stereocenters. The minimum absolute atomic E-state index is 0.156.